The highest BCUT2D eigenvalue weighted by atomic mass is 19.1. The maximum atomic E-state index is 13.6. The van der Waals surface area contributed by atoms with Crippen molar-refractivity contribution in [1.29, 1.82) is 0 Å². The van der Waals surface area contributed by atoms with E-state index in [1.807, 2.05) is 29.9 Å². The Kier molecular flexibility index (Phi) is 9.50. The van der Waals surface area contributed by atoms with Gasteiger partial charge in [0, 0.05) is 58.4 Å². The molecular formula is C22H30FN3O4. The number of nitrogens with zero attached hydrogens (tertiary/aromatic N) is 3. The summed E-state index contributed by atoms with van der Waals surface area (Å²) in [7, 11) is 5.07. The van der Waals surface area contributed by atoms with Crippen molar-refractivity contribution in [3.8, 4) is 0 Å². The predicted octanol–water partition coefficient (Wildman–Crippen LogP) is 2.32. The monoisotopic (exact) mass is 419 g/mol. The molecule has 2 rings (SSSR count). The van der Waals surface area contributed by atoms with Crippen LogP contribution in [-0.4, -0.2) is 73.2 Å². The van der Waals surface area contributed by atoms with Crippen LogP contribution in [0.1, 0.15) is 22.5 Å². The number of aryl methyl sites for hydroxylation is 1. The fourth-order valence-electron chi connectivity index (χ4n) is 3.07. The molecule has 1 aromatic carbocycles. The van der Waals surface area contributed by atoms with E-state index in [0.717, 1.165) is 5.69 Å². The molecule has 0 aliphatic rings. The van der Waals surface area contributed by atoms with Gasteiger partial charge in [-0.1, -0.05) is 6.07 Å². The molecule has 0 aliphatic heterocycles. The average molecular weight is 419 g/mol. The van der Waals surface area contributed by atoms with Crippen molar-refractivity contribution in [3.63, 3.8) is 0 Å². The van der Waals surface area contributed by atoms with Gasteiger partial charge in [-0.15, -0.1) is 0 Å². The molecule has 0 aliphatic carbocycles. The average Bonchev–Trinajstić information content (AvgIpc) is 3.14. The topological polar surface area (TPSA) is 64.0 Å². The Morgan fingerprint density at radius 2 is 1.80 bits per heavy atom. The molecule has 8 heteroatoms. The van der Waals surface area contributed by atoms with Crippen molar-refractivity contribution in [2.24, 2.45) is 7.05 Å². The lowest BCUT2D eigenvalue weighted by Crippen LogP contribution is -2.44. The maximum absolute atomic E-state index is 13.6. The molecule has 0 fully saturated rings. The normalized spacial score (nSPS) is 10.8. The number of halogens is 1. The molecule has 0 atom stereocenters. The van der Waals surface area contributed by atoms with Gasteiger partial charge in [0.25, 0.3) is 5.91 Å². The van der Waals surface area contributed by atoms with E-state index in [9.17, 15) is 14.0 Å². The summed E-state index contributed by atoms with van der Waals surface area (Å²) in [5.74, 6) is -1.07. The Hall–Kier alpha value is -2.71. The van der Waals surface area contributed by atoms with Gasteiger partial charge in [0.05, 0.1) is 13.2 Å². The molecule has 0 unspecified atom stereocenters. The van der Waals surface area contributed by atoms with Crippen LogP contribution >= 0.6 is 0 Å². The van der Waals surface area contributed by atoms with Crippen LogP contribution in [0.4, 0.5) is 4.39 Å². The second kappa shape index (κ2) is 12.1. The molecule has 0 saturated carbocycles. The Bertz CT molecular complexity index is 824. The van der Waals surface area contributed by atoms with E-state index in [0.29, 0.717) is 39.3 Å². The molecule has 164 valence electrons. The molecule has 0 saturated heterocycles. The second-order valence-corrected chi connectivity index (χ2v) is 7.00. The van der Waals surface area contributed by atoms with E-state index >= 15 is 0 Å². The van der Waals surface area contributed by atoms with Gasteiger partial charge in [0.15, 0.2) is 0 Å². The Morgan fingerprint density at radius 1 is 1.03 bits per heavy atom. The molecular weight excluding hydrogens is 389 g/mol. The van der Waals surface area contributed by atoms with Crippen LogP contribution < -0.4 is 0 Å². The smallest absolute Gasteiger partial charge is 0.254 e. The van der Waals surface area contributed by atoms with Gasteiger partial charge < -0.3 is 23.8 Å². The summed E-state index contributed by atoms with van der Waals surface area (Å²) in [6.45, 7) is 1.88. The Balaban J connectivity index is 2.16. The van der Waals surface area contributed by atoms with Gasteiger partial charge in [0.1, 0.15) is 12.4 Å². The Morgan fingerprint density at radius 3 is 2.43 bits per heavy atom. The van der Waals surface area contributed by atoms with Crippen molar-refractivity contribution in [1.82, 2.24) is 14.4 Å². The highest BCUT2D eigenvalue weighted by molar-refractivity contribution is 5.96. The molecule has 0 spiro atoms. The summed E-state index contributed by atoms with van der Waals surface area (Å²) in [6, 6.07) is 9.36. The first-order chi connectivity index (χ1) is 14.5. The lowest BCUT2D eigenvalue weighted by Gasteiger charge is -2.28. The summed E-state index contributed by atoms with van der Waals surface area (Å²) >= 11 is 0. The molecule has 0 bridgehead atoms. The zero-order valence-corrected chi connectivity index (χ0v) is 17.8. The van der Waals surface area contributed by atoms with Gasteiger partial charge in [-0.3, -0.25) is 9.59 Å². The number of rotatable bonds is 12. The summed E-state index contributed by atoms with van der Waals surface area (Å²) < 4.78 is 25.8. The van der Waals surface area contributed by atoms with Crippen LogP contribution in [0.3, 0.4) is 0 Å². The molecule has 0 radical (unpaired) electrons. The van der Waals surface area contributed by atoms with Crippen molar-refractivity contribution in [2.45, 2.75) is 13.0 Å². The molecule has 30 heavy (non-hydrogen) atoms. The lowest BCUT2D eigenvalue weighted by atomic mass is 10.2. The highest BCUT2D eigenvalue weighted by Gasteiger charge is 2.23. The molecule has 1 heterocycles. The maximum Gasteiger partial charge on any atom is 0.254 e. The van der Waals surface area contributed by atoms with Crippen molar-refractivity contribution in [3.05, 3.63) is 59.7 Å². The number of carbonyl (C=O) groups is 2. The number of hydrogen-bond donors (Lipinski definition) is 0. The van der Waals surface area contributed by atoms with Crippen LogP contribution in [0.2, 0.25) is 0 Å². The van der Waals surface area contributed by atoms with Crippen molar-refractivity contribution < 1.29 is 23.5 Å². The summed E-state index contributed by atoms with van der Waals surface area (Å²) in [5, 5.41) is 0. The first-order valence-electron chi connectivity index (χ1n) is 9.87. The van der Waals surface area contributed by atoms with Crippen LogP contribution in [0.15, 0.2) is 42.6 Å². The van der Waals surface area contributed by atoms with Crippen molar-refractivity contribution in [2.75, 3.05) is 47.1 Å². The zero-order valence-electron chi connectivity index (χ0n) is 17.8. The van der Waals surface area contributed by atoms with Gasteiger partial charge in [0.2, 0.25) is 5.91 Å². The second-order valence-electron chi connectivity index (χ2n) is 7.00. The van der Waals surface area contributed by atoms with E-state index in [1.54, 1.807) is 25.2 Å². The number of benzene rings is 1. The molecule has 7 nitrogen and oxygen atoms in total. The largest absolute Gasteiger partial charge is 0.385 e. The third-order valence-corrected chi connectivity index (χ3v) is 4.78. The summed E-state index contributed by atoms with van der Waals surface area (Å²) in [6.07, 6.45) is 2.49. The summed E-state index contributed by atoms with van der Waals surface area (Å²) in [4.78, 5) is 29.2. The minimum Gasteiger partial charge on any atom is -0.385 e. The van der Waals surface area contributed by atoms with Crippen LogP contribution in [-0.2, 0) is 27.9 Å². The predicted molar refractivity (Wildman–Crippen MR) is 112 cm³/mol. The first-order valence-corrected chi connectivity index (χ1v) is 9.87. The summed E-state index contributed by atoms with van der Waals surface area (Å²) in [5.41, 5.74) is 1.19. The fourth-order valence-corrected chi connectivity index (χ4v) is 3.07. The lowest BCUT2D eigenvalue weighted by molar-refractivity contribution is -0.133. The van der Waals surface area contributed by atoms with Crippen LogP contribution in [0, 0.1) is 5.82 Å². The SMILES string of the molecule is COCCCN(CC(=O)N(CCOC)Cc1cccn1C)C(=O)c1cccc(F)c1. The van der Waals surface area contributed by atoms with Gasteiger partial charge in [-0.2, -0.15) is 0 Å². The number of aromatic nitrogens is 1. The van der Waals surface area contributed by atoms with Gasteiger partial charge in [-0.05, 0) is 36.8 Å². The standard InChI is InChI=1S/C22H30FN3O4/c1-24-10-5-9-20(24)16-25(12-14-30-3)21(27)17-26(11-6-13-29-2)22(28)18-7-4-8-19(23)15-18/h4-5,7-10,15H,6,11-14,16-17H2,1-3H3. The Labute approximate surface area is 177 Å². The quantitative estimate of drug-likeness (QED) is 0.496. The minimum absolute atomic E-state index is 0.104. The number of methoxy groups -OCH3 is 2. The zero-order chi connectivity index (χ0) is 21.9. The van der Waals surface area contributed by atoms with Gasteiger partial charge >= 0.3 is 0 Å². The molecule has 2 amide bonds. The van der Waals surface area contributed by atoms with Crippen LogP contribution in [0.5, 0.6) is 0 Å². The minimum atomic E-state index is -0.491. The first kappa shape index (κ1) is 23.6. The number of hydrogen-bond acceptors (Lipinski definition) is 4. The number of carbonyl (C=O) groups excluding carboxylic acids is 2. The van der Waals surface area contributed by atoms with E-state index < -0.39 is 5.82 Å². The van der Waals surface area contributed by atoms with Crippen LogP contribution in [0.25, 0.3) is 0 Å². The number of ether oxygens (including phenoxy) is 2. The molecule has 1 aromatic heterocycles. The third kappa shape index (κ3) is 6.96. The van der Waals surface area contributed by atoms with E-state index in [-0.39, 0.29) is 23.9 Å². The van der Waals surface area contributed by atoms with E-state index in [4.69, 9.17) is 9.47 Å². The number of amides is 2. The van der Waals surface area contributed by atoms with Gasteiger partial charge in [-0.25, -0.2) is 4.39 Å². The molecule has 0 N–H and O–H groups in total. The fraction of sp³-hybridized carbons (Fsp3) is 0.455. The third-order valence-electron chi connectivity index (χ3n) is 4.78. The molecule has 2 aromatic rings. The van der Waals surface area contributed by atoms with E-state index in [1.165, 1.54) is 23.1 Å². The van der Waals surface area contributed by atoms with Crippen molar-refractivity contribution >= 4 is 11.8 Å². The highest BCUT2D eigenvalue weighted by Crippen LogP contribution is 2.11. The van der Waals surface area contributed by atoms with E-state index in [2.05, 4.69) is 0 Å².